The summed E-state index contributed by atoms with van der Waals surface area (Å²) in [6, 6.07) is 9.19. The van der Waals surface area contributed by atoms with E-state index >= 15 is 0 Å². The number of hydrogen-bond acceptors (Lipinski definition) is 6. The first-order valence-corrected chi connectivity index (χ1v) is 16.0. The Morgan fingerprint density at radius 3 is 2.35 bits per heavy atom. The molecule has 12 heteroatoms. The second kappa shape index (κ2) is 14.3. The molecule has 220 valence electrons. The highest BCUT2D eigenvalue weighted by molar-refractivity contribution is 7.92. The summed E-state index contributed by atoms with van der Waals surface area (Å²) in [5, 5.41) is 3.83. The van der Waals surface area contributed by atoms with Crippen LogP contribution < -0.4 is 19.1 Å². The zero-order valence-electron chi connectivity index (χ0n) is 23.3. The molecule has 0 aliphatic carbocycles. The van der Waals surface area contributed by atoms with E-state index < -0.39 is 16.1 Å². The molecule has 1 heterocycles. The molecule has 1 aliphatic rings. The predicted octanol–water partition coefficient (Wildman–Crippen LogP) is 5.03. The van der Waals surface area contributed by atoms with Crippen LogP contribution in [0.2, 0.25) is 10.0 Å². The Bertz CT molecular complexity index is 1310. The van der Waals surface area contributed by atoms with E-state index in [1.807, 2.05) is 20.8 Å². The number of fused-ring (bicyclic) bond motifs is 1. The van der Waals surface area contributed by atoms with Crippen LogP contribution in [0.15, 0.2) is 36.4 Å². The van der Waals surface area contributed by atoms with Crippen molar-refractivity contribution in [1.82, 2.24) is 10.2 Å². The predicted molar refractivity (Wildman–Crippen MR) is 158 cm³/mol. The number of halogens is 2. The van der Waals surface area contributed by atoms with Gasteiger partial charge in [-0.2, -0.15) is 0 Å². The first kappa shape index (κ1) is 31.8. The lowest BCUT2D eigenvalue weighted by Crippen LogP contribution is -2.50. The summed E-state index contributed by atoms with van der Waals surface area (Å²) < 4.78 is 37.7. The molecular weight excluding hydrogens is 577 g/mol. The number of anilines is 1. The highest BCUT2D eigenvalue weighted by Gasteiger charge is 2.30. The fourth-order valence-electron chi connectivity index (χ4n) is 4.39. The summed E-state index contributed by atoms with van der Waals surface area (Å²) in [5.74, 6) is 0.492. The first-order chi connectivity index (χ1) is 18.9. The molecule has 0 fully saturated rings. The van der Waals surface area contributed by atoms with E-state index in [9.17, 15) is 18.0 Å². The van der Waals surface area contributed by atoms with Gasteiger partial charge in [-0.3, -0.25) is 13.9 Å². The molecular formula is C28H37Cl2N3O6S. The van der Waals surface area contributed by atoms with Gasteiger partial charge in [-0.15, -0.1) is 0 Å². The molecule has 0 spiro atoms. The molecule has 2 amide bonds. The van der Waals surface area contributed by atoms with Crippen LogP contribution in [0.3, 0.4) is 0 Å². The average molecular weight is 615 g/mol. The summed E-state index contributed by atoms with van der Waals surface area (Å²) in [6.45, 7) is 6.70. The van der Waals surface area contributed by atoms with Crippen molar-refractivity contribution in [3.63, 3.8) is 0 Å². The summed E-state index contributed by atoms with van der Waals surface area (Å²) >= 11 is 12.5. The monoisotopic (exact) mass is 613 g/mol. The quantitative estimate of drug-likeness (QED) is 0.339. The van der Waals surface area contributed by atoms with Crippen molar-refractivity contribution in [2.45, 2.75) is 65.1 Å². The van der Waals surface area contributed by atoms with Gasteiger partial charge in [-0.25, -0.2) is 8.42 Å². The maximum absolute atomic E-state index is 13.6. The Balaban J connectivity index is 1.80. The Kier molecular flexibility index (Phi) is 11.4. The van der Waals surface area contributed by atoms with Crippen molar-refractivity contribution in [3.05, 3.63) is 52.0 Å². The SMILES string of the molecule is CC[C@H](C(=O)N[C@@H](C)CC)N(Cc1ccc(Cl)cc1Cl)C(=O)CCCN(c1ccc2c(c1)OCCO2)S(C)(=O)=O. The summed E-state index contributed by atoms with van der Waals surface area (Å²) in [6.07, 6.45) is 2.52. The average Bonchev–Trinajstić information content (AvgIpc) is 2.91. The van der Waals surface area contributed by atoms with Gasteiger partial charge in [0.2, 0.25) is 21.8 Å². The van der Waals surface area contributed by atoms with E-state index in [4.69, 9.17) is 32.7 Å². The van der Waals surface area contributed by atoms with Gasteiger partial charge in [0.15, 0.2) is 11.5 Å². The Labute approximate surface area is 246 Å². The molecule has 0 saturated heterocycles. The van der Waals surface area contributed by atoms with Crippen molar-refractivity contribution in [3.8, 4) is 11.5 Å². The lowest BCUT2D eigenvalue weighted by atomic mass is 10.1. The third-order valence-electron chi connectivity index (χ3n) is 6.71. The van der Waals surface area contributed by atoms with Crippen LogP contribution in [-0.4, -0.2) is 63.2 Å². The molecule has 0 aromatic heterocycles. The Morgan fingerprint density at radius 1 is 1.02 bits per heavy atom. The highest BCUT2D eigenvalue weighted by atomic mass is 35.5. The minimum atomic E-state index is -3.65. The number of hydrogen-bond donors (Lipinski definition) is 1. The van der Waals surface area contributed by atoms with Crippen LogP contribution in [0.4, 0.5) is 5.69 Å². The first-order valence-electron chi connectivity index (χ1n) is 13.4. The van der Waals surface area contributed by atoms with Crippen LogP contribution in [0.5, 0.6) is 11.5 Å². The van der Waals surface area contributed by atoms with Gasteiger partial charge in [0.05, 0.1) is 11.9 Å². The molecule has 0 radical (unpaired) electrons. The fraction of sp³-hybridized carbons (Fsp3) is 0.500. The smallest absolute Gasteiger partial charge is 0.243 e. The summed E-state index contributed by atoms with van der Waals surface area (Å²) in [5.41, 5.74) is 1.08. The van der Waals surface area contributed by atoms with Crippen LogP contribution in [0.1, 0.15) is 52.0 Å². The molecule has 3 rings (SSSR count). The lowest BCUT2D eigenvalue weighted by molar-refractivity contribution is -0.141. The maximum atomic E-state index is 13.6. The van der Waals surface area contributed by atoms with Crippen LogP contribution in [0.25, 0.3) is 0 Å². The third kappa shape index (κ3) is 8.41. The standard InChI is InChI=1S/C28H37Cl2N3O6S/c1-5-19(3)31-28(35)24(6-2)32(18-20-9-10-21(29)16-23(20)30)27(34)8-7-13-33(40(4,36)37)22-11-12-25-26(17-22)39-15-14-38-25/h9-12,16-17,19,24H,5-8,13-15,18H2,1-4H3,(H,31,35)/t19-,24+/m0/s1. The number of sulfonamides is 1. The molecule has 9 nitrogen and oxygen atoms in total. The number of carbonyl (C=O) groups excluding carboxylic acids is 2. The topological polar surface area (TPSA) is 105 Å². The molecule has 2 aromatic carbocycles. The van der Waals surface area contributed by atoms with Gasteiger partial charge in [0.1, 0.15) is 19.3 Å². The van der Waals surface area contributed by atoms with Gasteiger partial charge in [-0.1, -0.05) is 43.1 Å². The molecule has 1 aliphatic heterocycles. The van der Waals surface area contributed by atoms with E-state index in [0.717, 1.165) is 12.7 Å². The number of carbonyl (C=O) groups is 2. The molecule has 2 atom stereocenters. The second-order valence-corrected chi connectivity index (χ2v) is 12.5. The van der Waals surface area contributed by atoms with Crippen molar-refractivity contribution < 1.29 is 27.5 Å². The molecule has 40 heavy (non-hydrogen) atoms. The van der Waals surface area contributed by atoms with Gasteiger partial charge in [0, 0.05) is 41.7 Å². The van der Waals surface area contributed by atoms with Crippen molar-refractivity contribution in [1.29, 1.82) is 0 Å². The van der Waals surface area contributed by atoms with E-state index in [1.165, 1.54) is 9.21 Å². The van der Waals surface area contributed by atoms with Gasteiger partial charge >= 0.3 is 0 Å². The highest BCUT2D eigenvalue weighted by Crippen LogP contribution is 2.35. The van der Waals surface area contributed by atoms with Gasteiger partial charge in [-0.05, 0) is 56.0 Å². The van der Waals surface area contributed by atoms with Crippen molar-refractivity contribution in [2.75, 3.05) is 30.3 Å². The van der Waals surface area contributed by atoms with Gasteiger partial charge < -0.3 is 19.7 Å². The number of benzene rings is 2. The van der Waals surface area contributed by atoms with Crippen molar-refractivity contribution >= 4 is 50.7 Å². The summed E-state index contributed by atoms with van der Waals surface area (Å²) in [7, 11) is -3.65. The van der Waals surface area contributed by atoms with E-state index in [0.29, 0.717) is 52.4 Å². The number of nitrogens with zero attached hydrogens (tertiary/aromatic N) is 2. The zero-order chi connectivity index (χ0) is 29.4. The molecule has 1 N–H and O–H groups in total. The van der Waals surface area contributed by atoms with Crippen molar-refractivity contribution in [2.24, 2.45) is 0 Å². The second-order valence-electron chi connectivity index (χ2n) is 9.77. The number of nitrogens with one attached hydrogen (secondary N) is 1. The normalized spacial score (nSPS) is 14.2. The van der Waals surface area contributed by atoms with Crippen LogP contribution in [0, 0.1) is 0 Å². The molecule has 0 bridgehead atoms. The van der Waals surface area contributed by atoms with Gasteiger partial charge in [0.25, 0.3) is 0 Å². The fourth-order valence-corrected chi connectivity index (χ4v) is 5.81. The largest absolute Gasteiger partial charge is 0.486 e. The number of rotatable bonds is 13. The van der Waals surface area contributed by atoms with Crippen LogP contribution in [-0.2, 0) is 26.2 Å². The van der Waals surface area contributed by atoms with E-state index in [1.54, 1.807) is 36.4 Å². The molecule has 0 unspecified atom stereocenters. The maximum Gasteiger partial charge on any atom is 0.243 e. The molecule has 0 saturated carbocycles. The molecule has 2 aromatic rings. The van der Waals surface area contributed by atoms with E-state index in [-0.39, 0.29) is 43.8 Å². The lowest BCUT2D eigenvalue weighted by Gasteiger charge is -2.32. The minimum absolute atomic E-state index is 0.0227. The number of amides is 2. The number of ether oxygens (including phenoxy) is 2. The Hall–Kier alpha value is -2.69. The minimum Gasteiger partial charge on any atom is -0.486 e. The third-order valence-corrected chi connectivity index (χ3v) is 8.49. The van der Waals surface area contributed by atoms with E-state index in [2.05, 4.69) is 5.32 Å². The summed E-state index contributed by atoms with van der Waals surface area (Å²) in [4.78, 5) is 28.3. The zero-order valence-corrected chi connectivity index (χ0v) is 25.6. The van der Waals surface area contributed by atoms with Crippen LogP contribution >= 0.6 is 23.2 Å². The Morgan fingerprint density at radius 2 is 1.73 bits per heavy atom.